The minimum atomic E-state index is -3.87. The topological polar surface area (TPSA) is 95.3 Å². The Morgan fingerprint density at radius 1 is 1.12 bits per heavy atom. The Kier molecular flexibility index (Phi) is 6.85. The van der Waals surface area contributed by atoms with Gasteiger partial charge < -0.3 is 9.47 Å². The van der Waals surface area contributed by atoms with Crippen molar-refractivity contribution < 1.29 is 22.3 Å². The predicted octanol–water partition coefficient (Wildman–Crippen LogP) is 4.20. The summed E-state index contributed by atoms with van der Waals surface area (Å²) in [6, 6.07) is 6.74. The summed E-state index contributed by atoms with van der Waals surface area (Å²) in [5.74, 6) is 1.06. The number of benzene rings is 2. The number of aromatic nitrogens is 3. The molecule has 0 unspecified atom stereocenters. The molecule has 0 fully saturated rings. The molecule has 172 valence electrons. The van der Waals surface area contributed by atoms with Gasteiger partial charge in [-0.25, -0.2) is 17.5 Å². The van der Waals surface area contributed by atoms with Gasteiger partial charge >= 0.3 is 6.01 Å². The molecular weight excluding hydrogens is 435 g/mol. The molecule has 0 aliphatic rings. The van der Waals surface area contributed by atoms with Gasteiger partial charge in [-0.05, 0) is 81.6 Å². The van der Waals surface area contributed by atoms with E-state index in [2.05, 4.69) is 14.9 Å². The molecule has 1 aromatic heterocycles. The highest BCUT2D eigenvalue weighted by atomic mass is 32.2. The van der Waals surface area contributed by atoms with Crippen LogP contribution in [0.1, 0.15) is 42.4 Å². The Bertz CT molecular complexity index is 1220. The van der Waals surface area contributed by atoms with Crippen LogP contribution in [0, 0.1) is 26.6 Å². The molecule has 1 atom stereocenters. The van der Waals surface area contributed by atoms with Crippen molar-refractivity contribution in [3.8, 4) is 17.5 Å². The molecule has 1 N–H and O–H groups in total. The lowest BCUT2D eigenvalue weighted by Gasteiger charge is -2.19. The smallest absolute Gasteiger partial charge is 0.322 e. The average molecular weight is 463 g/mol. The Morgan fingerprint density at radius 3 is 2.38 bits per heavy atom. The predicted molar refractivity (Wildman–Crippen MR) is 118 cm³/mol. The zero-order valence-electron chi connectivity index (χ0n) is 18.9. The van der Waals surface area contributed by atoms with Crippen LogP contribution in [-0.4, -0.2) is 30.3 Å². The molecule has 3 rings (SSSR count). The van der Waals surface area contributed by atoms with Crippen LogP contribution in [0.15, 0.2) is 35.2 Å². The van der Waals surface area contributed by atoms with Crippen molar-refractivity contribution in [3.63, 3.8) is 0 Å². The number of rotatable bonds is 8. The van der Waals surface area contributed by atoms with Crippen molar-refractivity contribution in [2.24, 2.45) is 0 Å². The number of nitrogens with one attached hydrogen (secondary N) is 1. The Labute approximate surface area is 187 Å². The van der Waals surface area contributed by atoms with E-state index in [4.69, 9.17) is 9.47 Å². The van der Waals surface area contributed by atoms with Crippen molar-refractivity contribution in [1.82, 2.24) is 19.5 Å². The first-order chi connectivity index (χ1) is 15.1. The molecule has 0 aliphatic heterocycles. The quantitative estimate of drug-likeness (QED) is 0.539. The molecular formula is C22H27FN4O4S. The highest BCUT2D eigenvalue weighted by Crippen LogP contribution is 2.31. The number of methoxy groups -OCH3 is 1. The lowest BCUT2D eigenvalue weighted by atomic mass is 10.1. The first kappa shape index (κ1) is 23.7. The molecule has 3 aromatic rings. The maximum atomic E-state index is 13.3. The first-order valence-electron chi connectivity index (χ1n) is 10.1. The van der Waals surface area contributed by atoms with Crippen LogP contribution < -0.4 is 14.2 Å². The van der Waals surface area contributed by atoms with E-state index < -0.39 is 16.1 Å². The van der Waals surface area contributed by atoms with Crippen molar-refractivity contribution in [2.45, 2.75) is 52.1 Å². The van der Waals surface area contributed by atoms with Crippen LogP contribution in [0.5, 0.6) is 17.5 Å². The zero-order chi connectivity index (χ0) is 23.6. The van der Waals surface area contributed by atoms with Crippen LogP contribution in [0.4, 0.5) is 4.39 Å². The molecule has 1 heterocycles. The van der Waals surface area contributed by atoms with Gasteiger partial charge in [0.25, 0.3) is 0 Å². The van der Waals surface area contributed by atoms with Gasteiger partial charge in [0.2, 0.25) is 10.0 Å². The van der Waals surface area contributed by atoms with Gasteiger partial charge in [0.1, 0.15) is 17.3 Å². The van der Waals surface area contributed by atoms with E-state index in [9.17, 15) is 12.8 Å². The molecule has 0 amide bonds. The number of sulfonamides is 1. The summed E-state index contributed by atoms with van der Waals surface area (Å²) >= 11 is 0. The van der Waals surface area contributed by atoms with Crippen LogP contribution in [-0.2, 0) is 16.6 Å². The van der Waals surface area contributed by atoms with Crippen molar-refractivity contribution in [2.75, 3.05) is 7.11 Å². The minimum absolute atomic E-state index is 0.188. The second-order valence-electron chi connectivity index (χ2n) is 7.46. The van der Waals surface area contributed by atoms with Crippen LogP contribution in [0.25, 0.3) is 0 Å². The monoisotopic (exact) mass is 462 g/mol. The van der Waals surface area contributed by atoms with E-state index in [1.807, 2.05) is 13.8 Å². The number of ether oxygens (including phenoxy) is 2. The van der Waals surface area contributed by atoms with Crippen molar-refractivity contribution in [1.29, 1.82) is 0 Å². The molecule has 0 bridgehead atoms. The maximum Gasteiger partial charge on any atom is 0.322 e. The number of halogens is 1. The molecule has 0 saturated carbocycles. The van der Waals surface area contributed by atoms with E-state index >= 15 is 0 Å². The summed E-state index contributed by atoms with van der Waals surface area (Å²) in [5, 5.41) is 8.18. The van der Waals surface area contributed by atoms with E-state index in [0.29, 0.717) is 35.0 Å². The summed E-state index contributed by atoms with van der Waals surface area (Å²) in [7, 11) is -2.31. The number of nitrogens with zero attached hydrogens (tertiary/aromatic N) is 3. The van der Waals surface area contributed by atoms with E-state index in [1.54, 1.807) is 38.5 Å². The maximum absolute atomic E-state index is 13.3. The Morgan fingerprint density at radius 2 is 1.78 bits per heavy atom. The van der Waals surface area contributed by atoms with Gasteiger partial charge in [-0.1, -0.05) is 5.10 Å². The van der Waals surface area contributed by atoms with Crippen LogP contribution >= 0.6 is 0 Å². The molecule has 8 nitrogen and oxygen atoms in total. The average Bonchev–Trinajstić information content (AvgIpc) is 3.14. The molecule has 0 spiro atoms. The number of aryl methyl sites for hydroxylation is 1. The lowest BCUT2D eigenvalue weighted by Crippen LogP contribution is -2.30. The van der Waals surface area contributed by atoms with E-state index in [-0.39, 0.29) is 16.7 Å². The summed E-state index contributed by atoms with van der Waals surface area (Å²) in [4.78, 5) is 0.216. The Balaban J connectivity index is 1.90. The summed E-state index contributed by atoms with van der Waals surface area (Å²) in [6.07, 6.45) is 0. The van der Waals surface area contributed by atoms with Gasteiger partial charge in [-0.15, -0.1) is 5.10 Å². The van der Waals surface area contributed by atoms with Crippen molar-refractivity contribution >= 4 is 10.0 Å². The van der Waals surface area contributed by atoms with E-state index in [1.165, 1.54) is 24.3 Å². The first-order valence-corrected chi connectivity index (χ1v) is 11.6. The number of hydrogen-bond donors (Lipinski definition) is 1. The fraction of sp³-hybridized carbons (Fsp3) is 0.364. The highest BCUT2D eigenvalue weighted by Gasteiger charge is 2.27. The lowest BCUT2D eigenvalue weighted by molar-refractivity contribution is 0.407. The van der Waals surface area contributed by atoms with E-state index in [0.717, 1.165) is 5.56 Å². The SMILES string of the molecule is CCn1c(Oc2ccc(F)cc2)nnc1[C@@H](C)NS(=O)(=O)c1c(C)cc(OC)c(C)c1C. The highest BCUT2D eigenvalue weighted by molar-refractivity contribution is 7.89. The summed E-state index contributed by atoms with van der Waals surface area (Å²) < 4.78 is 55.1. The van der Waals surface area contributed by atoms with Crippen LogP contribution in [0.3, 0.4) is 0 Å². The number of hydrogen-bond acceptors (Lipinski definition) is 6. The molecule has 0 aliphatic carbocycles. The molecule has 2 aromatic carbocycles. The van der Waals surface area contributed by atoms with Gasteiger partial charge in [0.05, 0.1) is 18.0 Å². The van der Waals surface area contributed by atoms with Gasteiger partial charge in [-0.2, -0.15) is 0 Å². The van der Waals surface area contributed by atoms with Crippen molar-refractivity contribution in [3.05, 3.63) is 58.7 Å². The standard InChI is InChI=1S/C22H27FN4O4S/c1-7-27-21(24-25-22(27)31-18-10-8-17(23)9-11-18)16(5)26-32(28,29)20-13(2)12-19(30-6)14(3)15(20)4/h8-12,16,26H,7H2,1-6H3/t16-/m1/s1. The second-order valence-corrected chi connectivity index (χ2v) is 9.11. The molecule has 0 radical (unpaired) electrons. The summed E-state index contributed by atoms with van der Waals surface area (Å²) in [5.41, 5.74) is 1.97. The molecule has 10 heteroatoms. The van der Waals surface area contributed by atoms with Gasteiger partial charge in [0, 0.05) is 6.54 Å². The van der Waals surface area contributed by atoms with Gasteiger partial charge in [-0.3, -0.25) is 4.57 Å². The third-order valence-corrected chi connectivity index (χ3v) is 7.10. The van der Waals surface area contributed by atoms with Crippen LogP contribution in [0.2, 0.25) is 0 Å². The van der Waals surface area contributed by atoms with Gasteiger partial charge in [0.15, 0.2) is 5.82 Å². The zero-order valence-corrected chi connectivity index (χ0v) is 19.7. The Hall–Kier alpha value is -2.98. The molecule has 0 saturated heterocycles. The third-order valence-electron chi connectivity index (χ3n) is 5.27. The normalized spacial score (nSPS) is 12.6. The summed E-state index contributed by atoms with van der Waals surface area (Å²) in [6.45, 7) is 9.32. The second kappa shape index (κ2) is 9.25. The third kappa shape index (κ3) is 4.61. The fourth-order valence-corrected chi connectivity index (χ4v) is 5.32. The minimum Gasteiger partial charge on any atom is -0.496 e. The largest absolute Gasteiger partial charge is 0.496 e. The fourth-order valence-electron chi connectivity index (χ4n) is 3.59. The molecule has 32 heavy (non-hydrogen) atoms.